The molecule has 0 radical (unpaired) electrons. The van der Waals surface area contributed by atoms with E-state index in [2.05, 4.69) is 4.98 Å². The highest BCUT2D eigenvalue weighted by Crippen LogP contribution is 2.32. The van der Waals surface area contributed by atoms with Crippen LogP contribution in [0, 0.1) is 0 Å². The summed E-state index contributed by atoms with van der Waals surface area (Å²) in [5.74, 6) is 0. The first kappa shape index (κ1) is 7.73. The zero-order valence-electron chi connectivity index (χ0n) is 6.47. The van der Waals surface area contributed by atoms with Crippen molar-refractivity contribution in [3.63, 3.8) is 0 Å². The van der Waals surface area contributed by atoms with Crippen molar-refractivity contribution >= 4 is 9.84 Å². The van der Waals surface area contributed by atoms with E-state index in [0.29, 0.717) is 4.90 Å². The van der Waals surface area contributed by atoms with Crippen molar-refractivity contribution in [3.05, 3.63) is 24.5 Å². The van der Waals surface area contributed by atoms with Crippen LogP contribution in [0.4, 0.5) is 0 Å². The summed E-state index contributed by atoms with van der Waals surface area (Å²) in [7, 11) is -3.01. The van der Waals surface area contributed by atoms with Crippen LogP contribution in [0.5, 0.6) is 0 Å². The molecule has 3 nitrogen and oxygen atoms in total. The SMILES string of the molecule is O=S(=O)(c1ccncc1)C1CC1. The van der Waals surface area contributed by atoms with Crippen molar-refractivity contribution in [3.8, 4) is 0 Å². The number of rotatable bonds is 2. The Balaban J connectivity index is 2.42. The maximum Gasteiger partial charge on any atom is 0.181 e. The maximum atomic E-state index is 11.6. The Kier molecular flexibility index (Phi) is 1.65. The summed E-state index contributed by atoms with van der Waals surface area (Å²) >= 11 is 0. The molecule has 0 atom stereocenters. The van der Waals surface area contributed by atoms with Gasteiger partial charge in [0, 0.05) is 12.4 Å². The van der Waals surface area contributed by atoms with E-state index >= 15 is 0 Å². The highest BCUT2D eigenvalue weighted by molar-refractivity contribution is 7.92. The lowest BCUT2D eigenvalue weighted by Crippen LogP contribution is -2.06. The van der Waals surface area contributed by atoms with Crippen molar-refractivity contribution in [1.29, 1.82) is 0 Å². The van der Waals surface area contributed by atoms with E-state index in [9.17, 15) is 8.42 Å². The van der Waals surface area contributed by atoms with E-state index in [1.54, 1.807) is 12.1 Å². The Hall–Kier alpha value is -0.900. The van der Waals surface area contributed by atoms with E-state index in [1.165, 1.54) is 12.4 Å². The monoisotopic (exact) mass is 183 g/mol. The molecule has 1 aromatic rings. The van der Waals surface area contributed by atoms with Gasteiger partial charge < -0.3 is 0 Å². The molecular formula is C8H9NO2S. The summed E-state index contributed by atoms with van der Waals surface area (Å²) in [5.41, 5.74) is 0. The number of nitrogens with zero attached hydrogens (tertiary/aromatic N) is 1. The van der Waals surface area contributed by atoms with Crippen LogP contribution in [0.25, 0.3) is 0 Å². The first-order valence-electron chi connectivity index (χ1n) is 3.85. The molecule has 0 aliphatic heterocycles. The largest absolute Gasteiger partial charge is 0.265 e. The van der Waals surface area contributed by atoms with Gasteiger partial charge >= 0.3 is 0 Å². The normalized spacial score (nSPS) is 17.7. The van der Waals surface area contributed by atoms with Crippen molar-refractivity contribution in [2.75, 3.05) is 0 Å². The van der Waals surface area contributed by atoms with Gasteiger partial charge in [0.15, 0.2) is 9.84 Å². The third kappa shape index (κ3) is 1.22. The lowest BCUT2D eigenvalue weighted by atomic mass is 10.5. The van der Waals surface area contributed by atoms with Crippen LogP contribution < -0.4 is 0 Å². The van der Waals surface area contributed by atoms with Crippen LogP contribution in [0.3, 0.4) is 0 Å². The standard InChI is InChI=1S/C8H9NO2S/c10-12(11,7-1-2-7)8-3-5-9-6-4-8/h3-7H,1-2H2. The molecular weight excluding hydrogens is 174 g/mol. The molecule has 1 aliphatic rings. The second kappa shape index (κ2) is 2.55. The van der Waals surface area contributed by atoms with Crippen LogP contribution in [-0.2, 0) is 9.84 Å². The minimum absolute atomic E-state index is 0.125. The van der Waals surface area contributed by atoms with Gasteiger partial charge in [-0.2, -0.15) is 0 Å². The van der Waals surface area contributed by atoms with Gasteiger partial charge in [0.2, 0.25) is 0 Å². The molecule has 0 aromatic carbocycles. The van der Waals surface area contributed by atoms with Crippen LogP contribution >= 0.6 is 0 Å². The Morgan fingerprint density at radius 3 is 2.33 bits per heavy atom. The summed E-state index contributed by atoms with van der Waals surface area (Å²) < 4.78 is 23.1. The molecule has 0 saturated heterocycles. The highest BCUT2D eigenvalue weighted by Gasteiger charge is 2.36. The van der Waals surface area contributed by atoms with Crippen molar-refractivity contribution in [1.82, 2.24) is 4.98 Å². The second-order valence-electron chi connectivity index (χ2n) is 2.93. The minimum atomic E-state index is -3.01. The van der Waals surface area contributed by atoms with Gasteiger partial charge in [-0.1, -0.05) is 0 Å². The van der Waals surface area contributed by atoms with Crippen LogP contribution in [-0.4, -0.2) is 18.7 Å². The van der Waals surface area contributed by atoms with Gasteiger partial charge in [-0.25, -0.2) is 8.42 Å². The molecule has 0 spiro atoms. The third-order valence-corrected chi connectivity index (χ3v) is 4.22. The molecule has 0 bridgehead atoms. The van der Waals surface area contributed by atoms with E-state index in [4.69, 9.17) is 0 Å². The quantitative estimate of drug-likeness (QED) is 0.687. The summed E-state index contributed by atoms with van der Waals surface area (Å²) in [4.78, 5) is 4.18. The Bertz CT molecular complexity index is 367. The van der Waals surface area contributed by atoms with E-state index in [1.807, 2.05) is 0 Å². The number of sulfone groups is 1. The van der Waals surface area contributed by atoms with Crippen molar-refractivity contribution in [2.24, 2.45) is 0 Å². The third-order valence-electron chi connectivity index (χ3n) is 1.94. The average molecular weight is 183 g/mol. The molecule has 1 fully saturated rings. The number of pyridine rings is 1. The highest BCUT2D eigenvalue weighted by atomic mass is 32.2. The van der Waals surface area contributed by atoms with E-state index < -0.39 is 9.84 Å². The molecule has 0 N–H and O–H groups in total. The summed E-state index contributed by atoms with van der Waals surface area (Å²) in [6.45, 7) is 0. The summed E-state index contributed by atoms with van der Waals surface area (Å²) in [5, 5.41) is -0.125. The fraction of sp³-hybridized carbons (Fsp3) is 0.375. The molecule has 1 saturated carbocycles. The maximum absolute atomic E-state index is 11.6. The van der Waals surface area contributed by atoms with Gasteiger partial charge in [-0.15, -0.1) is 0 Å². The van der Waals surface area contributed by atoms with Gasteiger partial charge in [0.25, 0.3) is 0 Å². The smallest absolute Gasteiger partial charge is 0.181 e. The lowest BCUT2D eigenvalue weighted by Gasteiger charge is -1.99. The van der Waals surface area contributed by atoms with Gasteiger partial charge in [0.1, 0.15) is 0 Å². The van der Waals surface area contributed by atoms with Gasteiger partial charge in [-0.05, 0) is 25.0 Å². The first-order valence-corrected chi connectivity index (χ1v) is 5.40. The molecule has 64 valence electrons. The topological polar surface area (TPSA) is 47.0 Å². The fourth-order valence-corrected chi connectivity index (χ4v) is 2.74. The zero-order chi connectivity index (χ0) is 8.60. The molecule has 12 heavy (non-hydrogen) atoms. The van der Waals surface area contributed by atoms with Crippen LogP contribution in [0.15, 0.2) is 29.4 Å². The van der Waals surface area contributed by atoms with Gasteiger partial charge in [0.05, 0.1) is 10.1 Å². The van der Waals surface area contributed by atoms with E-state index in [0.717, 1.165) is 12.8 Å². The molecule has 0 amide bonds. The molecule has 0 unspecified atom stereocenters. The first-order chi connectivity index (χ1) is 5.71. The second-order valence-corrected chi connectivity index (χ2v) is 5.16. The fourth-order valence-electron chi connectivity index (χ4n) is 1.10. The van der Waals surface area contributed by atoms with Crippen molar-refractivity contribution in [2.45, 2.75) is 23.0 Å². The molecule has 4 heteroatoms. The molecule has 1 aromatic heterocycles. The number of aromatic nitrogens is 1. The summed E-state index contributed by atoms with van der Waals surface area (Å²) in [6.07, 6.45) is 4.64. The Morgan fingerprint density at radius 2 is 1.83 bits per heavy atom. The van der Waals surface area contributed by atoms with Crippen molar-refractivity contribution < 1.29 is 8.42 Å². The minimum Gasteiger partial charge on any atom is -0.265 e. The Labute approximate surface area is 71.4 Å². The average Bonchev–Trinajstić information content (AvgIpc) is 2.88. The molecule has 2 rings (SSSR count). The summed E-state index contributed by atoms with van der Waals surface area (Å²) in [6, 6.07) is 3.10. The zero-order valence-corrected chi connectivity index (χ0v) is 7.29. The number of hydrogen-bond donors (Lipinski definition) is 0. The number of hydrogen-bond acceptors (Lipinski definition) is 3. The predicted octanol–water partition coefficient (Wildman–Crippen LogP) is 1.02. The van der Waals surface area contributed by atoms with Crippen LogP contribution in [0.2, 0.25) is 0 Å². The Morgan fingerprint density at radius 1 is 1.25 bits per heavy atom. The molecule has 1 heterocycles. The molecule has 1 aliphatic carbocycles. The van der Waals surface area contributed by atoms with Gasteiger partial charge in [-0.3, -0.25) is 4.98 Å². The van der Waals surface area contributed by atoms with E-state index in [-0.39, 0.29) is 5.25 Å². The lowest BCUT2D eigenvalue weighted by molar-refractivity contribution is 0.594. The van der Waals surface area contributed by atoms with Crippen LogP contribution in [0.1, 0.15) is 12.8 Å². The predicted molar refractivity (Wildman–Crippen MR) is 44.4 cm³/mol.